The number of halogens is 3. The number of aliphatic carboxylic acids is 1. The Balaban J connectivity index is 4.88. The smallest absolute Gasteiger partial charge is 0.363 e. The molecule has 72 valence electrons. The van der Waals surface area contributed by atoms with Gasteiger partial charge in [-0.05, 0) is 0 Å². The van der Waals surface area contributed by atoms with Crippen molar-refractivity contribution in [2.24, 2.45) is 11.7 Å². The molecule has 0 aliphatic carbocycles. The quantitative estimate of drug-likeness (QED) is 0.644. The molecule has 1 unspecified atom stereocenters. The molecule has 0 amide bonds. The summed E-state index contributed by atoms with van der Waals surface area (Å²) in [6.45, 7) is 1.98. The van der Waals surface area contributed by atoms with Crippen LogP contribution in [0.4, 0.5) is 13.2 Å². The molecule has 0 aliphatic heterocycles. The van der Waals surface area contributed by atoms with Gasteiger partial charge in [-0.1, -0.05) is 13.8 Å². The molecular formula is C6H10F3NO2. The average molecular weight is 185 g/mol. The molecule has 0 aromatic heterocycles. The van der Waals surface area contributed by atoms with Crippen molar-refractivity contribution >= 4 is 5.97 Å². The van der Waals surface area contributed by atoms with Crippen LogP contribution < -0.4 is 5.73 Å². The summed E-state index contributed by atoms with van der Waals surface area (Å²) in [5.74, 6) is -11.9. The Labute approximate surface area is 67.4 Å². The van der Waals surface area contributed by atoms with Crippen molar-refractivity contribution in [3.05, 3.63) is 0 Å². The van der Waals surface area contributed by atoms with E-state index in [1.165, 1.54) is 0 Å². The maximum absolute atomic E-state index is 12.7. The van der Waals surface area contributed by atoms with Crippen LogP contribution in [0.25, 0.3) is 0 Å². The Morgan fingerprint density at radius 3 is 1.83 bits per heavy atom. The molecule has 12 heavy (non-hydrogen) atoms. The van der Waals surface area contributed by atoms with Crippen molar-refractivity contribution < 1.29 is 23.1 Å². The fourth-order valence-corrected chi connectivity index (χ4v) is 0.563. The summed E-state index contributed by atoms with van der Waals surface area (Å²) >= 11 is 0. The maximum atomic E-state index is 12.7. The molecule has 0 aromatic rings. The summed E-state index contributed by atoms with van der Waals surface area (Å²) in [5, 5.41) is 8.05. The highest BCUT2D eigenvalue weighted by atomic mass is 19.3. The monoisotopic (exact) mass is 185 g/mol. The van der Waals surface area contributed by atoms with Crippen molar-refractivity contribution in [1.82, 2.24) is 0 Å². The van der Waals surface area contributed by atoms with Crippen molar-refractivity contribution in [3.63, 3.8) is 0 Å². The van der Waals surface area contributed by atoms with Crippen LogP contribution in [0.3, 0.4) is 0 Å². The molecule has 0 bridgehead atoms. The van der Waals surface area contributed by atoms with Gasteiger partial charge in [0.05, 0.1) is 0 Å². The Morgan fingerprint density at radius 1 is 1.42 bits per heavy atom. The minimum absolute atomic E-state index is 0.990. The minimum Gasteiger partial charge on any atom is -0.478 e. The molecule has 6 heteroatoms. The molecule has 0 saturated heterocycles. The fourth-order valence-electron chi connectivity index (χ4n) is 0.563. The van der Waals surface area contributed by atoms with Crippen LogP contribution in [0.1, 0.15) is 13.8 Å². The lowest BCUT2D eigenvalue weighted by molar-refractivity contribution is -0.195. The van der Waals surface area contributed by atoms with E-state index in [0.29, 0.717) is 0 Å². The number of hydrogen-bond acceptors (Lipinski definition) is 2. The highest BCUT2D eigenvalue weighted by Gasteiger charge is 2.60. The highest BCUT2D eigenvalue weighted by Crippen LogP contribution is 2.35. The Bertz CT molecular complexity index is 191. The third kappa shape index (κ3) is 1.52. The number of carbonyl (C=O) groups is 1. The van der Waals surface area contributed by atoms with E-state index < -0.39 is 23.6 Å². The van der Waals surface area contributed by atoms with Crippen LogP contribution in [-0.4, -0.2) is 22.8 Å². The van der Waals surface area contributed by atoms with Gasteiger partial charge in [-0.2, -0.15) is 0 Å². The lowest BCUT2D eigenvalue weighted by Crippen LogP contribution is -2.60. The zero-order chi connectivity index (χ0) is 10.2. The van der Waals surface area contributed by atoms with Gasteiger partial charge >= 0.3 is 17.7 Å². The van der Waals surface area contributed by atoms with Gasteiger partial charge < -0.3 is 5.11 Å². The third-order valence-corrected chi connectivity index (χ3v) is 1.52. The normalized spacial score (nSPS) is 17.6. The van der Waals surface area contributed by atoms with Crippen molar-refractivity contribution in [1.29, 1.82) is 0 Å². The first-order valence-corrected chi connectivity index (χ1v) is 3.23. The van der Waals surface area contributed by atoms with Gasteiger partial charge in [0.1, 0.15) is 0 Å². The van der Waals surface area contributed by atoms with Crippen LogP contribution in [0.15, 0.2) is 0 Å². The van der Waals surface area contributed by atoms with E-state index in [2.05, 4.69) is 5.73 Å². The van der Waals surface area contributed by atoms with Gasteiger partial charge in [0.15, 0.2) is 0 Å². The fraction of sp³-hybridized carbons (Fsp3) is 0.833. The number of alkyl halides is 3. The predicted octanol–water partition coefficient (Wildman–Crippen LogP) is 0.987. The third-order valence-electron chi connectivity index (χ3n) is 1.52. The molecule has 0 rings (SSSR count). The van der Waals surface area contributed by atoms with Gasteiger partial charge in [0.25, 0.3) is 0 Å². The summed E-state index contributed by atoms with van der Waals surface area (Å²) < 4.78 is 38.1. The molecule has 1 atom stereocenters. The largest absolute Gasteiger partial charge is 0.478 e. The molecular weight excluding hydrogens is 175 g/mol. The van der Waals surface area contributed by atoms with Crippen molar-refractivity contribution in [2.45, 2.75) is 25.6 Å². The standard InChI is InChI=1S/C6H10F3NO2/c1-3(2)5(7,8)6(9,10)4(11)12/h3H,10H2,1-2H3,(H,11,12). The molecule has 3 nitrogen and oxygen atoms in total. The minimum atomic E-state index is -4.07. The number of rotatable bonds is 3. The Morgan fingerprint density at radius 2 is 1.75 bits per heavy atom. The summed E-state index contributed by atoms with van der Waals surface area (Å²) in [5.41, 5.74) is 4.32. The number of nitrogens with two attached hydrogens (primary N) is 1. The summed E-state index contributed by atoms with van der Waals surface area (Å²) in [4.78, 5) is 9.99. The zero-order valence-electron chi connectivity index (χ0n) is 6.64. The van der Waals surface area contributed by atoms with Crippen molar-refractivity contribution in [2.75, 3.05) is 0 Å². The Kier molecular flexibility index (Phi) is 2.74. The lowest BCUT2D eigenvalue weighted by Gasteiger charge is -2.28. The molecule has 0 radical (unpaired) electrons. The van der Waals surface area contributed by atoms with Gasteiger partial charge in [-0.25, -0.2) is 18.0 Å². The second-order valence-corrected chi connectivity index (χ2v) is 2.79. The first-order valence-electron chi connectivity index (χ1n) is 3.23. The van der Waals surface area contributed by atoms with Gasteiger partial charge in [0.2, 0.25) is 0 Å². The molecule has 0 aromatic carbocycles. The molecule has 0 aliphatic rings. The zero-order valence-corrected chi connectivity index (χ0v) is 6.64. The molecule has 0 saturated carbocycles. The first-order chi connectivity index (χ1) is 5.14. The topological polar surface area (TPSA) is 63.3 Å². The van der Waals surface area contributed by atoms with E-state index in [-0.39, 0.29) is 0 Å². The second-order valence-electron chi connectivity index (χ2n) is 2.79. The summed E-state index contributed by atoms with van der Waals surface area (Å²) in [6, 6.07) is 0. The van der Waals surface area contributed by atoms with E-state index in [1.54, 1.807) is 0 Å². The maximum Gasteiger partial charge on any atom is 0.363 e. The van der Waals surface area contributed by atoms with Crippen LogP contribution in [0.2, 0.25) is 0 Å². The van der Waals surface area contributed by atoms with E-state index in [4.69, 9.17) is 5.11 Å². The van der Waals surface area contributed by atoms with Crippen LogP contribution in [-0.2, 0) is 4.79 Å². The van der Waals surface area contributed by atoms with E-state index >= 15 is 0 Å². The van der Waals surface area contributed by atoms with E-state index in [9.17, 15) is 18.0 Å². The second kappa shape index (κ2) is 2.93. The van der Waals surface area contributed by atoms with Gasteiger partial charge in [-0.15, -0.1) is 0 Å². The SMILES string of the molecule is CC(C)C(F)(F)C(N)(F)C(=O)O. The molecule has 0 spiro atoms. The Hall–Kier alpha value is -0.780. The van der Waals surface area contributed by atoms with Crippen LogP contribution in [0.5, 0.6) is 0 Å². The summed E-state index contributed by atoms with van der Waals surface area (Å²) in [7, 11) is 0. The number of hydrogen-bond donors (Lipinski definition) is 2. The van der Waals surface area contributed by atoms with Crippen molar-refractivity contribution in [3.8, 4) is 0 Å². The van der Waals surface area contributed by atoms with E-state index in [1.807, 2.05) is 0 Å². The van der Waals surface area contributed by atoms with E-state index in [0.717, 1.165) is 13.8 Å². The number of carboxylic acid groups (broad SMARTS) is 1. The predicted molar refractivity (Wildman–Crippen MR) is 35.4 cm³/mol. The molecule has 3 N–H and O–H groups in total. The molecule has 0 fully saturated rings. The van der Waals surface area contributed by atoms with Crippen LogP contribution in [0, 0.1) is 5.92 Å². The lowest BCUT2D eigenvalue weighted by atomic mass is 9.97. The highest BCUT2D eigenvalue weighted by molar-refractivity contribution is 5.77. The van der Waals surface area contributed by atoms with Gasteiger partial charge in [-0.3, -0.25) is 5.73 Å². The average Bonchev–Trinajstić information content (AvgIpc) is 1.86. The summed E-state index contributed by atoms with van der Waals surface area (Å²) in [6.07, 6.45) is 0. The van der Waals surface area contributed by atoms with Gasteiger partial charge in [0, 0.05) is 5.92 Å². The molecule has 0 heterocycles. The first kappa shape index (κ1) is 11.2. The van der Waals surface area contributed by atoms with Crippen LogP contribution >= 0.6 is 0 Å². The number of carboxylic acids is 1.